The summed E-state index contributed by atoms with van der Waals surface area (Å²) in [7, 11) is -5.71. The maximum atomic E-state index is 12.1. The molecule has 0 saturated carbocycles. The summed E-state index contributed by atoms with van der Waals surface area (Å²) in [4.78, 5) is 0. The van der Waals surface area contributed by atoms with Crippen LogP contribution in [0.15, 0.2) is 24.3 Å². The van der Waals surface area contributed by atoms with Crippen LogP contribution in [-0.4, -0.2) is 20.6 Å². The molecule has 1 rings (SSSR count). The van der Waals surface area contributed by atoms with Crippen LogP contribution in [-0.2, 0) is 16.5 Å². The number of benzene rings is 1. The number of para-hydroxylation sites is 1. The van der Waals surface area contributed by atoms with Gasteiger partial charge in [-0.2, -0.15) is 21.6 Å². The van der Waals surface area contributed by atoms with Crippen molar-refractivity contribution in [1.29, 1.82) is 0 Å². The third-order valence-corrected chi connectivity index (χ3v) is 2.79. The summed E-state index contributed by atoms with van der Waals surface area (Å²) in [5, 5.41) is 0. The van der Waals surface area contributed by atoms with Crippen LogP contribution in [0.3, 0.4) is 0 Å². The third-order valence-electron chi connectivity index (χ3n) is 1.82. The van der Waals surface area contributed by atoms with E-state index in [-0.39, 0.29) is 12.0 Å². The zero-order chi connectivity index (χ0) is 13.1. The molecule has 0 aliphatic heterocycles. The van der Waals surface area contributed by atoms with Gasteiger partial charge in [0.1, 0.15) is 5.75 Å². The Hall–Kier alpha value is -1.31. The van der Waals surface area contributed by atoms with Crippen LogP contribution in [0.1, 0.15) is 5.56 Å². The first kappa shape index (κ1) is 13.8. The summed E-state index contributed by atoms with van der Waals surface area (Å²) >= 11 is 0. The second-order valence-electron chi connectivity index (χ2n) is 3.03. The lowest BCUT2D eigenvalue weighted by Gasteiger charge is -2.11. The van der Waals surface area contributed by atoms with Gasteiger partial charge in [-0.05, 0) is 11.6 Å². The van der Waals surface area contributed by atoms with E-state index in [1.807, 2.05) is 0 Å². The summed E-state index contributed by atoms with van der Waals surface area (Å²) in [6.07, 6.45) is -0.219. The molecule has 1 aromatic rings. The van der Waals surface area contributed by atoms with Crippen LogP contribution >= 0.6 is 0 Å². The van der Waals surface area contributed by atoms with Crippen molar-refractivity contribution in [2.45, 2.75) is 11.9 Å². The van der Waals surface area contributed by atoms with Crippen LogP contribution in [0.5, 0.6) is 5.75 Å². The zero-order valence-electron chi connectivity index (χ0n) is 8.37. The normalized spacial score (nSPS) is 12.5. The van der Waals surface area contributed by atoms with Crippen molar-refractivity contribution in [2.75, 3.05) is 6.67 Å². The second-order valence-corrected chi connectivity index (χ2v) is 4.57. The summed E-state index contributed by atoms with van der Waals surface area (Å²) < 4.78 is 73.7. The molecule has 0 N–H and O–H groups in total. The molecule has 0 bridgehead atoms. The number of halogens is 4. The lowest BCUT2D eigenvalue weighted by molar-refractivity contribution is -0.0500. The summed E-state index contributed by atoms with van der Waals surface area (Å²) in [5.41, 5.74) is -5.45. The van der Waals surface area contributed by atoms with Crippen LogP contribution in [0.4, 0.5) is 17.6 Å². The Labute approximate surface area is 95.1 Å². The molecule has 0 aromatic heterocycles. The maximum Gasteiger partial charge on any atom is 0.534 e. The third kappa shape index (κ3) is 3.32. The highest BCUT2D eigenvalue weighted by molar-refractivity contribution is 7.88. The Morgan fingerprint density at radius 3 is 2.29 bits per heavy atom. The van der Waals surface area contributed by atoms with E-state index in [0.717, 1.165) is 6.07 Å². The molecule has 96 valence electrons. The Balaban J connectivity index is 3.04. The van der Waals surface area contributed by atoms with Crippen LogP contribution in [0.25, 0.3) is 0 Å². The van der Waals surface area contributed by atoms with E-state index in [1.54, 1.807) is 0 Å². The fourth-order valence-electron chi connectivity index (χ4n) is 1.06. The maximum absolute atomic E-state index is 12.1. The topological polar surface area (TPSA) is 43.4 Å². The number of alkyl halides is 4. The highest BCUT2D eigenvalue weighted by Crippen LogP contribution is 2.28. The van der Waals surface area contributed by atoms with Crippen LogP contribution in [0, 0.1) is 0 Å². The number of hydrogen-bond acceptors (Lipinski definition) is 3. The Morgan fingerprint density at radius 2 is 1.76 bits per heavy atom. The average Bonchev–Trinajstić information content (AvgIpc) is 2.19. The Kier molecular flexibility index (Phi) is 3.97. The molecule has 8 heteroatoms. The standard InChI is InChI=1S/C9H8F4O3S/c10-6-5-7-3-1-2-4-8(7)16-17(14,15)9(11,12)13/h1-4H,5-6H2. The number of hydrogen-bond donors (Lipinski definition) is 0. The quantitative estimate of drug-likeness (QED) is 0.480. The van der Waals surface area contributed by atoms with Gasteiger partial charge in [-0.1, -0.05) is 18.2 Å². The minimum Gasteiger partial charge on any atom is -0.376 e. The van der Waals surface area contributed by atoms with Crippen molar-refractivity contribution in [3.05, 3.63) is 29.8 Å². The molecule has 0 amide bonds. The zero-order valence-corrected chi connectivity index (χ0v) is 9.18. The molecule has 0 fully saturated rings. The van der Waals surface area contributed by atoms with Gasteiger partial charge in [0.25, 0.3) is 0 Å². The highest BCUT2D eigenvalue weighted by Gasteiger charge is 2.48. The molecule has 0 spiro atoms. The lowest BCUT2D eigenvalue weighted by atomic mass is 10.1. The first-order valence-corrected chi connectivity index (χ1v) is 5.83. The molecule has 0 heterocycles. The SMILES string of the molecule is O=S(=O)(Oc1ccccc1CCF)C(F)(F)F. The summed E-state index contributed by atoms with van der Waals surface area (Å²) in [6, 6.07) is 5.07. The van der Waals surface area contributed by atoms with E-state index in [2.05, 4.69) is 4.18 Å². The van der Waals surface area contributed by atoms with Crippen molar-refractivity contribution in [1.82, 2.24) is 0 Å². The van der Waals surface area contributed by atoms with Crippen molar-refractivity contribution < 1.29 is 30.2 Å². The Morgan fingerprint density at radius 1 is 1.18 bits per heavy atom. The molecule has 1 aromatic carbocycles. The van der Waals surface area contributed by atoms with Crippen molar-refractivity contribution in [3.8, 4) is 5.75 Å². The van der Waals surface area contributed by atoms with E-state index in [0.29, 0.717) is 0 Å². The summed E-state index contributed by atoms with van der Waals surface area (Å²) in [5.74, 6) is -0.512. The molecular formula is C9H8F4O3S. The molecule has 0 aliphatic carbocycles. The molecule has 0 aliphatic rings. The first-order valence-electron chi connectivity index (χ1n) is 4.42. The predicted molar refractivity (Wildman–Crippen MR) is 51.7 cm³/mol. The highest BCUT2D eigenvalue weighted by atomic mass is 32.2. The molecule has 0 atom stereocenters. The van der Waals surface area contributed by atoms with E-state index in [4.69, 9.17) is 0 Å². The molecule has 0 saturated heterocycles. The van der Waals surface area contributed by atoms with E-state index in [9.17, 15) is 26.0 Å². The van der Waals surface area contributed by atoms with Gasteiger partial charge in [-0.3, -0.25) is 4.39 Å². The molecule has 0 radical (unpaired) electrons. The van der Waals surface area contributed by atoms with E-state index >= 15 is 0 Å². The molecular weight excluding hydrogens is 264 g/mol. The largest absolute Gasteiger partial charge is 0.534 e. The minimum absolute atomic E-state index is 0.0582. The predicted octanol–water partition coefficient (Wildman–Crippen LogP) is 2.43. The van der Waals surface area contributed by atoms with Crippen molar-refractivity contribution in [2.24, 2.45) is 0 Å². The average molecular weight is 272 g/mol. The van der Waals surface area contributed by atoms with Gasteiger partial charge >= 0.3 is 15.6 Å². The van der Waals surface area contributed by atoms with Gasteiger partial charge in [-0.25, -0.2) is 0 Å². The van der Waals surface area contributed by atoms with E-state index < -0.39 is 28.1 Å². The van der Waals surface area contributed by atoms with Gasteiger partial charge in [0.2, 0.25) is 0 Å². The fraction of sp³-hybridized carbons (Fsp3) is 0.333. The lowest BCUT2D eigenvalue weighted by Crippen LogP contribution is -2.28. The minimum atomic E-state index is -5.71. The summed E-state index contributed by atoms with van der Waals surface area (Å²) in [6.45, 7) is -0.827. The molecule has 0 unspecified atom stereocenters. The fourth-order valence-corrected chi connectivity index (χ4v) is 1.55. The first-order chi connectivity index (χ1) is 7.78. The Bertz CT molecular complexity index is 481. The van der Waals surface area contributed by atoms with Crippen LogP contribution < -0.4 is 4.18 Å². The number of rotatable bonds is 4. The van der Waals surface area contributed by atoms with Crippen molar-refractivity contribution >= 4 is 10.1 Å². The van der Waals surface area contributed by atoms with Gasteiger partial charge in [0.05, 0.1) is 6.67 Å². The second kappa shape index (κ2) is 4.91. The van der Waals surface area contributed by atoms with Gasteiger partial charge in [0.15, 0.2) is 0 Å². The van der Waals surface area contributed by atoms with Gasteiger partial charge in [-0.15, -0.1) is 0 Å². The molecule has 3 nitrogen and oxygen atoms in total. The number of aryl methyl sites for hydroxylation is 1. The monoisotopic (exact) mass is 272 g/mol. The van der Waals surface area contributed by atoms with Crippen LogP contribution in [0.2, 0.25) is 0 Å². The smallest absolute Gasteiger partial charge is 0.376 e. The van der Waals surface area contributed by atoms with Gasteiger partial charge in [0, 0.05) is 6.42 Å². The molecule has 17 heavy (non-hydrogen) atoms. The van der Waals surface area contributed by atoms with Crippen molar-refractivity contribution in [3.63, 3.8) is 0 Å². The van der Waals surface area contributed by atoms with E-state index in [1.165, 1.54) is 18.2 Å². The van der Waals surface area contributed by atoms with Gasteiger partial charge < -0.3 is 4.18 Å².